The molecular weight excluding hydrogens is 243 g/mol. The Bertz CT molecular complexity index is 409. The Labute approximate surface area is 114 Å². The number of methoxy groups -OCH3 is 1. The predicted molar refractivity (Wildman–Crippen MR) is 76.0 cm³/mol. The van der Waals surface area contributed by atoms with E-state index in [1.54, 1.807) is 13.2 Å². The molecule has 106 valence electrons. The molecule has 1 aromatic carbocycles. The quantitative estimate of drug-likeness (QED) is 0.885. The molecule has 1 fully saturated rings. The van der Waals surface area contributed by atoms with Crippen molar-refractivity contribution in [1.82, 2.24) is 5.32 Å². The number of nitrogens with zero attached hydrogens (tertiary/aromatic N) is 1. The number of nitrogens with one attached hydrogen (secondary N) is 1. The molecule has 2 rings (SSSR count). The van der Waals surface area contributed by atoms with Crippen LogP contribution in [0, 0.1) is 11.7 Å². The zero-order valence-corrected chi connectivity index (χ0v) is 11.8. The highest BCUT2D eigenvalue weighted by Gasteiger charge is 2.21. The van der Waals surface area contributed by atoms with E-state index >= 15 is 0 Å². The van der Waals surface area contributed by atoms with E-state index in [-0.39, 0.29) is 5.82 Å². The largest absolute Gasteiger partial charge is 0.384 e. The van der Waals surface area contributed by atoms with Gasteiger partial charge in [0, 0.05) is 26.7 Å². The van der Waals surface area contributed by atoms with Gasteiger partial charge in [0.25, 0.3) is 0 Å². The maximum atomic E-state index is 14.2. The van der Waals surface area contributed by atoms with E-state index < -0.39 is 0 Å². The second-order valence-electron chi connectivity index (χ2n) is 5.23. The molecular formula is C15H23FN2O. The maximum Gasteiger partial charge on any atom is 0.146 e. The zero-order chi connectivity index (χ0) is 13.7. The molecule has 3 nitrogen and oxygen atoms in total. The van der Waals surface area contributed by atoms with Crippen LogP contribution in [0.1, 0.15) is 18.4 Å². The van der Waals surface area contributed by atoms with Crippen molar-refractivity contribution in [2.45, 2.75) is 19.4 Å². The molecule has 0 amide bonds. The first-order chi connectivity index (χ1) is 9.24. The van der Waals surface area contributed by atoms with Gasteiger partial charge >= 0.3 is 0 Å². The summed E-state index contributed by atoms with van der Waals surface area (Å²) in [6.07, 6.45) is 2.27. The van der Waals surface area contributed by atoms with Crippen LogP contribution in [-0.2, 0) is 11.3 Å². The average molecular weight is 266 g/mol. The lowest BCUT2D eigenvalue weighted by Crippen LogP contribution is -2.37. The molecule has 19 heavy (non-hydrogen) atoms. The third kappa shape index (κ3) is 3.67. The number of rotatable bonds is 5. The summed E-state index contributed by atoms with van der Waals surface area (Å²) in [5, 5.41) is 3.04. The molecule has 1 aliphatic rings. The third-order valence-electron chi connectivity index (χ3n) is 3.66. The summed E-state index contributed by atoms with van der Waals surface area (Å²) in [5.74, 6) is 0.390. The van der Waals surface area contributed by atoms with Crippen molar-refractivity contribution in [2.24, 2.45) is 5.92 Å². The van der Waals surface area contributed by atoms with E-state index in [2.05, 4.69) is 10.2 Å². The minimum absolute atomic E-state index is 0.120. The van der Waals surface area contributed by atoms with Crippen molar-refractivity contribution in [1.29, 1.82) is 0 Å². The predicted octanol–water partition coefficient (Wildman–Crippen LogP) is 2.41. The maximum absolute atomic E-state index is 14.2. The van der Waals surface area contributed by atoms with Crippen LogP contribution in [0.5, 0.6) is 0 Å². The summed E-state index contributed by atoms with van der Waals surface area (Å²) in [5.41, 5.74) is 1.70. The molecule has 0 saturated carbocycles. The van der Waals surface area contributed by atoms with Crippen LogP contribution in [0.4, 0.5) is 10.1 Å². The first-order valence-electron chi connectivity index (χ1n) is 6.91. The number of anilines is 1. The Morgan fingerprint density at radius 1 is 1.47 bits per heavy atom. The fourth-order valence-corrected chi connectivity index (χ4v) is 2.78. The molecule has 0 aromatic heterocycles. The summed E-state index contributed by atoms with van der Waals surface area (Å²) in [6.45, 7) is 3.28. The van der Waals surface area contributed by atoms with Gasteiger partial charge in [-0.15, -0.1) is 0 Å². The van der Waals surface area contributed by atoms with Crippen LogP contribution in [0.3, 0.4) is 0 Å². The van der Waals surface area contributed by atoms with Gasteiger partial charge in [0.1, 0.15) is 5.82 Å². The van der Waals surface area contributed by atoms with Crippen molar-refractivity contribution in [3.05, 3.63) is 29.6 Å². The minimum Gasteiger partial charge on any atom is -0.384 e. The Hall–Kier alpha value is -1.13. The second-order valence-corrected chi connectivity index (χ2v) is 5.23. The lowest BCUT2D eigenvalue weighted by molar-refractivity contribution is 0.143. The highest BCUT2D eigenvalue weighted by molar-refractivity contribution is 5.49. The van der Waals surface area contributed by atoms with Crippen LogP contribution in [-0.4, -0.2) is 33.9 Å². The van der Waals surface area contributed by atoms with E-state index in [4.69, 9.17) is 4.74 Å². The van der Waals surface area contributed by atoms with Crippen LogP contribution in [0.25, 0.3) is 0 Å². The zero-order valence-electron chi connectivity index (χ0n) is 11.8. The van der Waals surface area contributed by atoms with Gasteiger partial charge < -0.3 is 15.0 Å². The van der Waals surface area contributed by atoms with Crippen LogP contribution in [0.2, 0.25) is 0 Å². The summed E-state index contributed by atoms with van der Waals surface area (Å²) < 4.78 is 19.4. The summed E-state index contributed by atoms with van der Waals surface area (Å²) in [4.78, 5) is 2.14. The minimum atomic E-state index is -0.120. The Kier molecular flexibility index (Phi) is 5.16. The summed E-state index contributed by atoms with van der Waals surface area (Å²) >= 11 is 0. The Morgan fingerprint density at radius 3 is 3.00 bits per heavy atom. The van der Waals surface area contributed by atoms with Gasteiger partial charge in [0.05, 0.1) is 12.3 Å². The molecule has 0 bridgehead atoms. The van der Waals surface area contributed by atoms with E-state index in [1.807, 2.05) is 19.2 Å². The fourth-order valence-electron chi connectivity index (χ4n) is 2.78. The molecule has 1 aliphatic heterocycles. The fraction of sp³-hybridized carbons (Fsp3) is 0.600. The molecule has 0 spiro atoms. The molecule has 1 saturated heterocycles. The highest BCUT2D eigenvalue weighted by Crippen LogP contribution is 2.26. The van der Waals surface area contributed by atoms with Gasteiger partial charge in [-0.05, 0) is 43.5 Å². The van der Waals surface area contributed by atoms with Gasteiger partial charge in [-0.2, -0.15) is 0 Å². The monoisotopic (exact) mass is 266 g/mol. The number of ether oxygens (including phenoxy) is 1. The van der Waals surface area contributed by atoms with Crippen molar-refractivity contribution in [2.75, 3.05) is 38.8 Å². The first-order valence-corrected chi connectivity index (χ1v) is 6.91. The average Bonchev–Trinajstić information content (AvgIpc) is 2.40. The van der Waals surface area contributed by atoms with Crippen molar-refractivity contribution >= 4 is 5.69 Å². The van der Waals surface area contributed by atoms with Crippen LogP contribution < -0.4 is 10.2 Å². The van der Waals surface area contributed by atoms with E-state index in [0.29, 0.717) is 12.5 Å². The molecule has 1 heterocycles. The van der Waals surface area contributed by atoms with E-state index in [1.165, 1.54) is 6.42 Å². The van der Waals surface area contributed by atoms with Crippen molar-refractivity contribution in [3.8, 4) is 0 Å². The van der Waals surface area contributed by atoms with Crippen molar-refractivity contribution < 1.29 is 9.13 Å². The molecule has 0 radical (unpaired) electrons. The standard InChI is InChI=1S/C15H23FN2O/c1-17-9-12-5-6-15(14(16)8-12)18-7-3-4-13(10-18)11-19-2/h5-6,8,13,17H,3-4,7,9-11H2,1-2H3. The number of piperidine rings is 1. The Morgan fingerprint density at radius 2 is 2.32 bits per heavy atom. The van der Waals surface area contributed by atoms with E-state index in [0.717, 1.165) is 37.4 Å². The highest BCUT2D eigenvalue weighted by atomic mass is 19.1. The van der Waals surface area contributed by atoms with Crippen LogP contribution >= 0.6 is 0 Å². The third-order valence-corrected chi connectivity index (χ3v) is 3.66. The number of hydrogen-bond acceptors (Lipinski definition) is 3. The normalized spacial score (nSPS) is 19.7. The number of halogens is 1. The first kappa shape index (κ1) is 14.3. The van der Waals surface area contributed by atoms with Crippen molar-refractivity contribution in [3.63, 3.8) is 0 Å². The van der Waals surface area contributed by atoms with Gasteiger partial charge in [0.15, 0.2) is 0 Å². The molecule has 1 unspecified atom stereocenters. The van der Waals surface area contributed by atoms with Gasteiger partial charge in [-0.25, -0.2) is 4.39 Å². The smallest absolute Gasteiger partial charge is 0.146 e. The Balaban J connectivity index is 2.08. The van der Waals surface area contributed by atoms with Gasteiger partial charge in [0.2, 0.25) is 0 Å². The molecule has 1 aromatic rings. The summed E-state index contributed by atoms with van der Waals surface area (Å²) in [6, 6.07) is 5.53. The van der Waals surface area contributed by atoms with Crippen LogP contribution in [0.15, 0.2) is 18.2 Å². The van der Waals surface area contributed by atoms with E-state index in [9.17, 15) is 4.39 Å². The molecule has 1 N–H and O–H groups in total. The number of benzene rings is 1. The lowest BCUT2D eigenvalue weighted by Gasteiger charge is -2.34. The molecule has 4 heteroatoms. The SMILES string of the molecule is CNCc1ccc(N2CCCC(COC)C2)c(F)c1. The number of hydrogen-bond donors (Lipinski definition) is 1. The molecule has 0 aliphatic carbocycles. The lowest BCUT2D eigenvalue weighted by atomic mass is 9.98. The summed E-state index contributed by atoms with van der Waals surface area (Å²) in [7, 11) is 3.60. The van der Waals surface area contributed by atoms with Gasteiger partial charge in [-0.1, -0.05) is 6.07 Å². The topological polar surface area (TPSA) is 24.5 Å². The molecule has 1 atom stereocenters. The second kappa shape index (κ2) is 6.87. The van der Waals surface area contributed by atoms with Gasteiger partial charge in [-0.3, -0.25) is 0 Å².